The van der Waals surface area contributed by atoms with Crippen molar-refractivity contribution in [2.24, 2.45) is 0 Å². The zero-order valence-electron chi connectivity index (χ0n) is 12.1. The molecule has 1 atom stereocenters. The van der Waals surface area contributed by atoms with Crippen LogP contribution in [0.25, 0.3) is 0 Å². The molecule has 1 aliphatic heterocycles. The lowest BCUT2D eigenvalue weighted by Gasteiger charge is -2.11. The van der Waals surface area contributed by atoms with Crippen LogP contribution < -0.4 is 10.6 Å². The first-order valence-electron chi connectivity index (χ1n) is 6.97. The van der Waals surface area contributed by atoms with E-state index in [9.17, 15) is 4.79 Å². The zero-order chi connectivity index (χ0) is 15.4. The summed E-state index contributed by atoms with van der Waals surface area (Å²) >= 11 is 9.20. The lowest BCUT2D eigenvalue weighted by molar-refractivity contribution is -0.116. The normalized spacial score (nSPS) is 16.8. The summed E-state index contributed by atoms with van der Waals surface area (Å²) in [4.78, 5) is 12.9. The number of carbonyl (C=O) groups excluding carboxylic acids is 1. The number of halogens is 2. The second-order valence-corrected chi connectivity index (χ2v) is 7.53. The molecule has 2 heterocycles. The van der Waals surface area contributed by atoms with Gasteiger partial charge in [-0.25, -0.2) is 0 Å². The highest BCUT2D eigenvalue weighted by Crippen LogP contribution is 2.35. The van der Waals surface area contributed by atoms with E-state index >= 15 is 0 Å². The van der Waals surface area contributed by atoms with Crippen molar-refractivity contribution in [3.63, 3.8) is 0 Å². The molecule has 0 saturated carbocycles. The molecule has 23 heavy (non-hydrogen) atoms. The molecule has 2 N–H and O–H groups in total. The molecule has 0 radical (unpaired) electrons. The van der Waals surface area contributed by atoms with Crippen molar-refractivity contribution in [1.29, 1.82) is 0 Å². The van der Waals surface area contributed by atoms with Crippen LogP contribution in [0.3, 0.4) is 0 Å². The fourth-order valence-electron chi connectivity index (χ4n) is 2.33. The van der Waals surface area contributed by atoms with E-state index in [1.165, 1.54) is 23.1 Å². The highest BCUT2D eigenvalue weighted by molar-refractivity contribution is 8.01. The van der Waals surface area contributed by atoms with Gasteiger partial charge >= 0.3 is 0 Å². The summed E-state index contributed by atoms with van der Waals surface area (Å²) in [6, 6.07) is 5.81. The number of nitrogens with zero attached hydrogens (tertiary/aromatic N) is 2. The summed E-state index contributed by atoms with van der Waals surface area (Å²) in [5.74, 6) is 0.0139. The Morgan fingerprint density at radius 1 is 1.52 bits per heavy atom. The monoisotopic (exact) mass is 390 g/mol. The fourth-order valence-corrected chi connectivity index (χ4v) is 4.06. The molecule has 1 aromatic carbocycles. The maximum absolute atomic E-state index is 12.0. The molecule has 1 aromatic heterocycles. The second-order valence-electron chi connectivity index (χ2n) is 5.00. The summed E-state index contributed by atoms with van der Waals surface area (Å²) in [5.41, 5.74) is 2.40. The van der Waals surface area contributed by atoms with Crippen LogP contribution in [-0.2, 0) is 4.79 Å². The van der Waals surface area contributed by atoms with Crippen LogP contribution in [0.2, 0.25) is 5.02 Å². The third-order valence-electron chi connectivity index (χ3n) is 3.35. The van der Waals surface area contributed by atoms with Gasteiger partial charge in [0.25, 0.3) is 0 Å². The lowest BCUT2D eigenvalue weighted by Crippen LogP contribution is -2.27. The molecule has 1 saturated heterocycles. The van der Waals surface area contributed by atoms with Gasteiger partial charge in [0.2, 0.25) is 5.91 Å². The van der Waals surface area contributed by atoms with E-state index in [1.807, 2.05) is 12.1 Å². The number of rotatable bonds is 5. The molecule has 1 unspecified atom stereocenters. The molecule has 9 heteroatoms. The molecule has 1 amide bonds. The average molecular weight is 391 g/mol. The fraction of sp³-hybridized carbons (Fsp3) is 0.357. The van der Waals surface area contributed by atoms with E-state index < -0.39 is 0 Å². The van der Waals surface area contributed by atoms with E-state index in [-0.39, 0.29) is 18.3 Å². The molecule has 1 fully saturated rings. The summed E-state index contributed by atoms with van der Waals surface area (Å²) in [5, 5.41) is 14.6. The molecule has 1 aliphatic rings. The van der Waals surface area contributed by atoms with Crippen molar-refractivity contribution in [1.82, 2.24) is 15.5 Å². The Morgan fingerprint density at radius 2 is 2.39 bits per heavy atom. The summed E-state index contributed by atoms with van der Waals surface area (Å²) in [7, 11) is 0. The van der Waals surface area contributed by atoms with Crippen LogP contribution in [0.4, 0.5) is 5.69 Å². The summed E-state index contributed by atoms with van der Waals surface area (Å²) in [6.07, 6.45) is 2.70. The van der Waals surface area contributed by atoms with Gasteiger partial charge in [0.1, 0.15) is 5.51 Å². The zero-order valence-corrected chi connectivity index (χ0v) is 15.3. The van der Waals surface area contributed by atoms with Gasteiger partial charge in [-0.1, -0.05) is 34.7 Å². The van der Waals surface area contributed by atoms with Crippen molar-refractivity contribution >= 4 is 58.7 Å². The molecule has 0 spiro atoms. The number of aromatic nitrogens is 2. The standard InChI is InChI=1S/C14H15ClN4OS2.ClH/c15-11-6-10(18-13(20)7-9-2-1-5-16-9)3-4-12(11)22-14-19-17-8-21-14;/h3-4,6,8-9,16H,1-2,5,7H2,(H,18,20);1H. The minimum Gasteiger partial charge on any atom is -0.326 e. The lowest BCUT2D eigenvalue weighted by atomic mass is 10.1. The van der Waals surface area contributed by atoms with Gasteiger partial charge < -0.3 is 10.6 Å². The van der Waals surface area contributed by atoms with E-state index in [0.29, 0.717) is 17.5 Å². The van der Waals surface area contributed by atoms with E-state index in [2.05, 4.69) is 20.8 Å². The van der Waals surface area contributed by atoms with Crippen molar-refractivity contribution in [2.45, 2.75) is 34.5 Å². The highest BCUT2D eigenvalue weighted by Gasteiger charge is 2.17. The number of amides is 1. The summed E-state index contributed by atoms with van der Waals surface area (Å²) in [6.45, 7) is 1.00. The van der Waals surface area contributed by atoms with Gasteiger partial charge in [-0.05, 0) is 37.6 Å². The number of anilines is 1. The van der Waals surface area contributed by atoms with Gasteiger partial charge in [-0.15, -0.1) is 22.6 Å². The van der Waals surface area contributed by atoms with Crippen LogP contribution in [-0.4, -0.2) is 28.7 Å². The first-order chi connectivity index (χ1) is 10.7. The Balaban J connectivity index is 0.00000192. The van der Waals surface area contributed by atoms with Gasteiger partial charge in [0, 0.05) is 23.0 Å². The molecule has 0 aliphatic carbocycles. The number of carbonyl (C=O) groups is 1. The Bertz CT molecular complexity index is 648. The van der Waals surface area contributed by atoms with E-state index in [4.69, 9.17) is 11.6 Å². The second kappa shape index (κ2) is 8.84. The smallest absolute Gasteiger partial charge is 0.225 e. The van der Waals surface area contributed by atoms with Crippen LogP contribution in [0.1, 0.15) is 19.3 Å². The first-order valence-corrected chi connectivity index (χ1v) is 9.05. The first kappa shape index (κ1) is 18.5. The topological polar surface area (TPSA) is 66.9 Å². The van der Waals surface area contributed by atoms with Gasteiger partial charge in [0.05, 0.1) is 5.02 Å². The van der Waals surface area contributed by atoms with Gasteiger partial charge in [-0.3, -0.25) is 4.79 Å². The number of hydrogen-bond donors (Lipinski definition) is 2. The van der Waals surface area contributed by atoms with Crippen LogP contribution in [0.15, 0.2) is 32.9 Å². The molecule has 2 aromatic rings. The SMILES string of the molecule is Cl.O=C(CC1CCCN1)Nc1ccc(Sc2nncs2)c(Cl)c1. The quantitative estimate of drug-likeness (QED) is 0.811. The van der Waals surface area contributed by atoms with Crippen LogP contribution >= 0.6 is 47.1 Å². The Labute approximate surface area is 154 Å². The van der Waals surface area contributed by atoms with E-state index in [0.717, 1.165) is 34.3 Å². The average Bonchev–Trinajstić information content (AvgIpc) is 3.15. The van der Waals surface area contributed by atoms with Crippen LogP contribution in [0.5, 0.6) is 0 Å². The Morgan fingerprint density at radius 3 is 3.04 bits per heavy atom. The Hall–Kier alpha value is -0.860. The highest BCUT2D eigenvalue weighted by atomic mass is 35.5. The minimum absolute atomic E-state index is 0. The van der Waals surface area contributed by atoms with Gasteiger partial charge in [-0.2, -0.15) is 0 Å². The molecule has 5 nitrogen and oxygen atoms in total. The number of nitrogens with one attached hydrogen (secondary N) is 2. The molecule has 3 rings (SSSR count). The maximum Gasteiger partial charge on any atom is 0.225 e. The molecular formula is C14H16Cl2N4OS2. The molecule has 0 bridgehead atoms. The van der Waals surface area contributed by atoms with Crippen molar-refractivity contribution in [2.75, 3.05) is 11.9 Å². The predicted molar refractivity (Wildman–Crippen MR) is 97.0 cm³/mol. The number of benzene rings is 1. The van der Waals surface area contributed by atoms with Crippen molar-refractivity contribution < 1.29 is 4.79 Å². The van der Waals surface area contributed by atoms with Crippen molar-refractivity contribution in [3.05, 3.63) is 28.7 Å². The third kappa shape index (κ3) is 5.32. The molecular weight excluding hydrogens is 375 g/mol. The molecule has 124 valence electrons. The predicted octanol–water partition coefficient (Wildman–Crippen LogP) is 3.85. The van der Waals surface area contributed by atoms with E-state index in [1.54, 1.807) is 11.6 Å². The summed E-state index contributed by atoms with van der Waals surface area (Å²) < 4.78 is 0.839. The maximum atomic E-state index is 12.0. The third-order valence-corrected chi connectivity index (χ3v) is 5.63. The number of hydrogen-bond acceptors (Lipinski definition) is 6. The van der Waals surface area contributed by atoms with Crippen molar-refractivity contribution in [3.8, 4) is 0 Å². The largest absolute Gasteiger partial charge is 0.326 e. The minimum atomic E-state index is 0. The van der Waals surface area contributed by atoms with Crippen LogP contribution in [0, 0.1) is 0 Å². The van der Waals surface area contributed by atoms with Gasteiger partial charge in [0.15, 0.2) is 4.34 Å². The Kier molecular flexibility index (Phi) is 7.10.